The van der Waals surface area contributed by atoms with Crippen LogP contribution in [0.5, 0.6) is 0 Å². The standard InChI is InChI=1S/C51H30N4O/c1-2-11-33(12-3-1)49-52-50(54-51(53-49)42-20-10-19-41-39-17-6-7-22-46(39)56-48(41)42)36-24-23-31-25-26-38(28-37(31)27-36)55-44-21-9-16-32-15-8-18-40(47(32)44)43-29-34-13-4-5-14-35(34)30-45(43)55/h1-30H/i1D,2D,3D,11D,12D. The largest absolute Gasteiger partial charge is 0.455 e. The monoisotopic (exact) mass is 719 g/mol. The van der Waals surface area contributed by atoms with Crippen molar-refractivity contribution in [2.75, 3.05) is 4.90 Å². The van der Waals surface area contributed by atoms with Crippen LogP contribution in [0.4, 0.5) is 17.1 Å². The summed E-state index contributed by atoms with van der Waals surface area (Å²) in [6.45, 7) is 0. The van der Waals surface area contributed by atoms with E-state index in [4.69, 9.17) is 26.2 Å². The Morgan fingerprint density at radius 3 is 2.04 bits per heavy atom. The Morgan fingerprint density at radius 2 is 1.14 bits per heavy atom. The number of anilines is 3. The summed E-state index contributed by atoms with van der Waals surface area (Å²) in [5.74, 6) is 0.484. The van der Waals surface area contributed by atoms with E-state index in [1.54, 1.807) is 0 Å². The van der Waals surface area contributed by atoms with Gasteiger partial charge in [0, 0.05) is 38.5 Å². The third kappa shape index (κ3) is 4.71. The number of fused-ring (bicyclic) bond motifs is 7. The highest BCUT2D eigenvalue weighted by molar-refractivity contribution is 6.16. The normalized spacial score (nSPS) is 13.5. The second-order valence-electron chi connectivity index (χ2n) is 14.1. The summed E-state index contributed by atoms with van der Waals surface area (Å²) >= 11 is 0. The molecule has 5 nitrogen and oxygen atoms in total. The van der Waals surface area contributed by atoms with Crippen LogP contribution in [0.3, 0.4) is 0 Å². The van der Waals surface area contributed by atoms with Gasteiger partial charge in [-0.2, -0.15) is 0 Å². The van der Waals surface area contributed by atoms with E-state index in [0.29, 0.717) is 22.3 Å². The van der Waals surface area contributed by atoms with Gasteiger partial charge in [-0.15, -0.1) is 0 Å². The number of furan rings is 1. The lowest BCUT2D eigenvalue weighted by Crippen LogP contribution is -2.15. The molecule has 0 radical (unpaired) electrons. The lowest BCUT2D eigenvalue weighted by molar-refractivity contribution is 0.669. The Balaban J connectivity index is 1.07. The van der Waals surface area contributed by atoms with Crippen LogP contribution < -0.4 is 4.90 Å². The highest BCUT2D eigenvalue weighted by Crippen LogP contribution is 2.52. The van der Waals surface area contributed by atoms with Crippen molar-refractivity contribution < 1.29 is 11.3 Å². The van der Waals surface area contributed by atoms with E-state index in [0.717, 1.165) is 49.6 Å². The molecule has 0 bridgehead atoms. The van der Waals surface area contributed by atoms with E-state index in [2.05, 4.69) is 95.9 Å². The summed E-state index contributed by atoms with van der Waals surface area (Å²) in [6, 6.07) is 49.7. The molecule has 12 rings (SSSR count). The lowest BCUT2D eigenvalue weighted by Gasteiger charge is -2.34. The SMILES string of the molecule is [2H]c1c([2H])c([2H])c(-c2nc(-c3ccc4ccc(N5c6cc7ccccc7cc6-c6cccc7cccc5c67)cc4c3)nc(-c3cccc4c3oc3ccccc34)n2)c([2H])c1[2H]. The zero-order valence-corrected chi connectivity index (χ0v) is 29.6. The van der Waals surface area contributed by atoms with Gasteiger partial charge in [0.25, 0.3) is 0 Å². The fraction of sp³-hybridized carbons (Fsp3) is 0. The molecule has 0 N–H and O–H groups in total. The predicted octanol–water partition coefficient (Wildman–Crippen LogP) is 13.7. The molecule has 1 aliphatic heterocycles. The Morgan fingerprint density at radius 1 is 0.446 bits per heavy atom. The van der Waals surface area contributed by atoms with Crippen LogP contribution in [0.25, 0.3) is 99.5 Å². The molecule has 5 heteroatoms. The van der Waals surface area contributed by atoms with E-state index >= 15 is 0 Å². The second kappa shape index (κ2) is 11.9. The van der Waals surface area contributed by atoms with Gasteiger partial charge in [-0.3, -0.25) is 0 Å². The third-order valence-electron chi connectivity index (χ3n) is 10.9. The molecule has 0 atom stereocenters. The summed E-state index contributed by atoms with van der Waals surface area (Å²) in [6.07, 6.45) is 0. The van der Waals surface area contributed by atoms with Crippen LogP contribution in [-0.4, -0.2) is 15.0 Å². The fourth-order valence-electron chi connectivity index (χ4n) is 8.30. The van der Waals surface area contributed by atoms with Crippen molar-refractivity contribution in [3.05, 3.63) is 182 Å². The maximum absolute atomic E-state index is 8.84. The molecule has 1 aliphatic rings. The average Bonchev–Trinajstić information content (AvgIpc) is 3.69. The van der Waals surface area contributed by atoms with Crippen LogP contribution >= 0.6 is 0 Å². The van der Waals surface area contributed by atoms with E-state index in [1.165, 1.54) is 21.7 Å². The van der Waals surface area contributed by atoms with E-state index in [-0.39, 0.29) is 23.0 Å². The van der Waals surface area contributed by atoms with E-state index < -0.39 is 30.2 Å². The summed E-state index contributed by atoms with van der Waals surface area (Å²) in [7, 11) is 0. The molecule has 0 saturated carbocycles. The zero-order valence-electron chi connectivity index (χ0n) is 34.6. The minimum atomic E-state index is -0.491. The summed E-state index contributed by atoms with van der Waals surface area (Å²) in [5, 5.41) is 8.46. The number of para-hydroxylation sites is 2. The second-order valence-corrected chi connectivity index (χ2v) is 14.1. The van der Waals surface area contributed by atoms with Crippen molar-refractivity contribution in [1.29, 1.82) is 0 Å². The fourth-order valence-corrected chi connectivity index (χ4v) is 8.30. The maximum Gasteiger partial charge on any atom is 0.167 e. The first-order valence-electron chi connectivity index (χ1n) is 20.9. The Kier molecular flexibility index (Phi) is 5.58. The molecule has 0 unspecified atom stereocenters. The van der Waals surface area contributed by atoms with Crippen LogP contribution in [0.2, 0.25) is 0 Å². The minimum absolute atomic E-state index is 0.0390. The Hall–Kier alpha value is -7.63. The first-order valence-corrected chi connectivity index (χ1v) is 18.4. The quantitative estimate of drug-likeness (QED) is 0.181. The molecule has 9 aromatic carbocycles. The maximum atomic E-state index is 8.84. The van der Waals surface area contributed by atoms with Gasteiger partial charge in [-0.05, 0) is 81.0 Å². The summed E-state index contributed by atoms with van der Waals surface area (Å²) < 4.78 is 49.2. The average molecular weight is 720 g/mol. The van der Waals surface area contributed by atoms with Crippen molar-refractivity contribution in [1.82, 2.24) is 15.0 Å². The van der Waals surface area contributed by atoms with Gasteiger partial charge in [0.2, 0.25) is 0 Å². The Labute approximate surface area is 328 Å². The van der Waals surface area contributed by atoms with Crippen molar-refractivity contribution >= 4 is 71.3 Å². The summed E-state index contributed by atoms with van der Waals surface area (Å²) in [4.78, 5) is 17.0. The topological polar surface area (TPSA) is 55.1 Å². The first kappa shape index (κ1) is 26.2. The van der Waals surface area contributed by atoms with Crippen molar-refractivity contribution in [2.24, 2.45) is 0 Å². The van der Waals surface area contributed by atoms with E-state index in [9.17, 15) is 0 Å². The third-order valence-corrected chi connectivity index (χ3v) is 10.9. The van der Waals surface area contributed by atoms with Crippen molar-refractivity contribution in [3.8, 4) is 45.3 Å². The number of benzene rings is 9. The van der Waals surface area contributed by atoms with Crippen LogP contribution in [0.1, 0.15) is 6.85 Å². The summed E-state index contributed by atoms with van der Waals surface area (Å²) in [5.41, 5.74) is 7.94. The van der Waals surface area contributed by atoms with Crippen LogP contribution in [-0.2, 0) is 0 Å². The number of hydrogen-bond donors (Lipinski definition) is 0. The van der Waals surface area contributed by atoms with Crippen LogP contribution in [0.15, 0.2) is 186 Å². The minimum Gasteiger partial charge on any atom is -0.455 e. The molecular weight excluding hydrogens is 685 g/mol. The molecule has 0 spiro atoms. The molecule has 3 heterocycles. The Bertz CT molecular complexity index is 3660. The highest BCUT2D eigenvalue weighted by Gasteiger charge is 2.27. The van der Waals surface area contributed by atoms with E-state index in [1.807, 2.05) is 60.7 Å². The van der Waals surface area contributed by atoms with Gasteiger partial charge in [0.05, 0.1) is 23.8 Å². The molecule has 56 heavy (non-hydrogen) atoms. The smallest absolute Gasteiger partial charge is 0.167 e. The number of hydrogen-bond acceptors (Lipinski definition) is 5. The van der Waals surface area contributed by atoms with Gasteiger partial charge in [0.1, 0.15) is 11.2 Å². The molecule has 2 aromatic heterocycles. The van der Waals surface area contributed by atoms with Gasteiger partial charge < -0.3 is 9.32 Å². The number of rotatable bonds is 4. The molecule has 0 aliphatic carbocycles. The molecular formula is C51H30N4O. The number of aromatic nitrogens is 3. The van der Waals surface area contributed by atoms with Gasteiger partial charge in [-0.1, -0.05) is 133 Å². The zero-order chi connectivity index (χ0) is 41.1. The van der Waals surface area contributed by atoms with Crippen LogP contribution in [0, 0.1) is 0 Å². The molecule has 11 aromatic rings. The highest BCUT2D eigenvalue weighted by atomic mass is 16.3. The lowest BCUT2D eigenvalue weighted by atomic mass is 9.89. The van der Waals surface area contributed by atoms with Crippen molar-refractivity contribution in [2.45, 2.75) is 0 Å². The predicted molar refractivity (Wildman–Crippen MR) is 230 cm³/mol. The first-order chi connectivity index (χ1) is 29.8. The van der Waals surface area contributed by atoms with Gasteiger partial charge in [0.15, 0.2) is 17.5 Å². The van der Waals surface area contributed by atoms with Gasteiger partial charge in [-0.25, -0.2) is 15.0 Å². The van der Waals surface area contributed by atoms with Crippen molar-refractivity contribution in [3.63, 3.8) is 0 Å². The molecule has 260 valence electrons. The molecule has 0 amide bonds. The molecule has 0 fully saturated rings. The molecule has 0 saturated heterocycles. The number of nitrogens with zero attached hydrogens (tertiary/aromatic N) is 4. The van der Waals surface area contributed by atoms with Gasteiger partial charge >= 0.3 is 0 Å².